The molecule has 2 heterocycles. The second kappa shape index (κ2) is 3.06. The van der Waals surface area contributed by atoms with Crippen LogP contribution in [0.1, 0.15) is 5.69 Å². The third-order valence-corrected chi connectivity index (χ3v) is 1.96. The summed E-state index contributed by atoms with van der Waals surface area (Å²) >= 11 is 0. The Morgan fingerprint density at radius 3 is 3.15 bits per heavy atom. The topological polar surface area (TPSA) is 46.8 Å². The van der Waals surface area contributed by atoms with Crippen molar-refractivity contribution in [3.8, 4) is 5.75 Å². The normalized spacial score (nSPS) is 10.6. The van der Waals surface area contributed by atoms with Crippen LogP contribution >= 0.6 is 0 Å². The maximum atomic E-state index is 8.99. The van der Waals surface area contributed by atoms with Gasteiger partial charge in [-0.2, -0.15) is 0 Å². The van der Waals surface area contributed by atoms with Crippen molar-refractivity contribution in [2.45, 2.75) is 6.61 Å². The van der Waals surface area contributed by atoms with Crippen molar-refractivity contribution >= 4 is 5.65 Å². The number of hydrogen-bond acceptors (Lipinski definition) is 3. The molecular formula is C9H10N2O2. The minimum absolute atomic E-state index is 0.0195. The van der Waals surface area contributed by atoms with Gasteiger partial charge in [0.15, 0.2) is 11.4 Å². The summed E-state index contributed by atoms with van der Waals surface area (Å²) < 4.78 is 6.92. The Hall–Kier alpha value is -1.55. The van der Waals surface area contributed by atoms with E-state index >= 15 is 0 Å². The van der Waals surface area contributed by atoms with Gasteiger partial charge in [-0.15, -0.1) is 0 Å². The van der Waals surface area contributed by atoms with Gasteiger partial charge < -0.3 is 9.84 Å². The molecule has 0 atom stereocenters. The van der Waals surface area contributed by atoms with Crippen LogP contribution in [0, 0.1) is 0 Å². The van der Waals surface area contributed by atoms with E-state index in [1.54, 1.807) is 17.7 Å². The first kappa shape index (κ1) is 8.07. The molecule has 2 rings (SSSR count). The molecule has 4 heteroatoms. The number of fused-ring (bicyclic) bond motifs is 1. The SMILES string of the molecule is COc1cccn2c(CO)cnc12. The molecule has 0 aromatic carbocycles. The summed E-state index contributed by atoms with van der Waals surface area (Å²) in [5.41, 5.74) is 1.49. The van der Waals surface area contributed by atoms with E-state index in [1.165, 1.54) is 0 Å². The first-order valence-electron chi connectivity index (χ1n) is 3.96. The molecule has 0 aliphatic rings. The molecule has 13 heavy (non-hydrogen) atoms. The molecule has 2 aromatic heterocycles. The van der Waals surface area contributed by atoms with Crippen LogP contribution in [-0.4, -0.2) is 21.6 Å². The fraction of sp³-hybridized carbons (Fsp3) is 0.222. The summed E-state index contributed by atoms with van der Waals surface area (Å²) in [4.78, 5) is 4.14. The number of aromatic nitrogens is 2. The highest BCUT2D eigenvalue weighted by atomic mass is 16.5. The van der Waals surface area contributed by atoms with Crippen LogP contribution in [0.4, 0.5) is 0 Å². The summed E-state index contributed by atoms with van der Waals surface area (Å²) in [5, 5.41) is 8.99. The fourth-order valence-corrected chi connectivity index (χ4v) is 1.31. The lowest BCUT2D eigenvalue weighted by atomic mass is 10.4. The van der Waals surface area contributed by atoms with E-state index in [2.05, 4.69) is 4.98 Å². The van der Waals surface area contributed by atoms with Gasteiger partial charge in [-0.05, 0) is 12.1 Å². The summed E-state index contributed by atoms with van der Waals surface area (Å²) in [7, 11) is 1.60. The lowest BCUT2D eigenvalue weighted by Gasteiger charge is -2.02. The molecule has 0 bridgehead atoms. The van der Waals surface area contributed by atoms with Gasteiger partial charge in [-0.25, -0.2) is 4.98 Å². The first-order valence-corrected chi connectivity index (χ1v) is 3.96. The average molecular weight is 178 g/mol. The van der Waals surface area contributed by atoms with Crippen molar-refractivity contribution in [1.82, 2.24) is 9.38 Å². The molecule has 0 aliphatic heterocycles. The molecule has 68 valence electrons. The molecule has 0 saturated carbocycles. The van der Waals surface area contributed by atoms with Crippen LogP contribution in [0.15, 0.2) is 24.5 Å². The highest BCUT2D eigenvalue weighted by molar-refractivity contribution is 5.54. The number of nitrogens with zero attached hydrogens (tertiary/aromatic N) is 2. The standard InChI is InChI=1S/C9H10N2O2/c1-13-8-3-2-4-11-7(6-12)5-10-9(8)11/h2-5,12H,6H2,1H3. The molecule has 0 unspecified atom stereocenters. The predicted octanol–water partition coefficient (Wildman–Crippen LogP) is 0.835. The Morgan fingerprint density at radius 1 is 1.62 bits per heavy atom. The molecule has 0 fully saturated rings. The zero-order chi connectivity index (χ0) is 9.26. The zero-order valence-electron chi connectivity index (χ0n) is 7.27. The van der Waals surface area contributed by atoms with Crippen LogP contribution in [0.25, 0.3) is 5.65 Å². The van der Waals surface area contributed by atoms with Crippen LogP contribution in [-0.2, 0) is 6.61 Å². The Labute approximate surface area is 75.4 Å². The van der Waals surface area contributed by atoms with E-state index in [9.17, 15) is 0 Å². The molecule has 0 spiro atoms. The Bertz CT molecular complexity index is 422. The van der Waals surface area contributed by atoms with Gasteiger partial charge in [0.25, 0.3) is 0 Å². The summed E-state index contributed by atoms with van der Waals surface area (Å²) in [5.74, 6) is 0.710. The number of hydrogen-bond donors (Lipinski definition) is 1. The minimum atomic E-state index is -0.0195. The Kier molecular flexibility index (Phi) is 1.90. The molecule has 0 aliphatic carbocycles. The van der Waals surface area contributed by atoms with Crippen molar-refractivity contribution in [3.05, 3.63) is 30.2 Å². The van der Waals surface area contributed by atoms with Crippen molar-refractivity contribution < 1.29 is 9.84 Å². The van der Waals surface area contributed by atoms with Crippen molar-refractivity contribution in [2.24, 2.45) is 0 Å². The van der Waals surface area contributed by atoms with Gasteiger partial charge in [0, 0.05) is 6.20 Å². The van der Waals surface area contributed by atoms with Gasteiger partial charge in [-0.3, -0.25) is 4.40 Å². The van der Waals surface area contributed by atoms with E-state index in [1.807, 2.05) is 18.3 Å². The van der Waals surface area contributed by atoms with E-state index < -0.39 is 0 Å². The second-order valence-corrected chi connectivity index (χ2v) is 2.68. The van der Waals surface area contributed by atoms with E-state index in [4.69, 9.17) is 9.84 Å². The lowest BCUT2D eigenvalue weighted by molar-refractivity contribution is 0.275. The monoisotopic (exact) mass is 178 g/mol. The summed E-state index contributed by atoms with van der Waals surface area (Å²) in [6, 6.07) is 3.69. The molecule has 1 N–H and O–H groups in total. The minimum Gasteiger partial charge on any atom is -0.493 e. The lowest BCUT2D eigenvalue weighted by Crippen LogP contribution is -1.93. The van der Waals surface area contributed by atoms with E-state index in [0.717, 1.165) is 11.3 Å². The van der Waals surface area contributed by atoms with E-state index in [-0.39, 0.29) is 6.61 Å². The largest absolute Gasteiger partial charge is 0.493 e. The molecule has 0 saturated heterocycles. The van der Waals surface area contributed by atoms with Crippen LogP contribution in [0.3, 0.4) is 0 Å². The molecule has 4 nitrogen and oxygen atoms in total. The highest BCUT2D eigenvalue weighted by Gasteiger charge is 2.05. The molecule has 2 aromatic rings. The van der Waals surface area contributed by atoms with Crippen molar-refractivity contribution in [1.29, 1.82) is 0 Å². The smallest absolute Gasteiger partial charge is 0.179 e. The third-order valence-electron chi connectivity index (χ3n) is 1.96. The first-order chi connectivity index (χ1) is 6.36. The molecular weight excluding hydrogens is 168 g/mol. The van der Waals surface area contributed by atoms with Crippen LogP contribution in [0.2, 0.25) is 0 Å². The van der Waals surface area contributed by atoms with Gasteiger partial charge in [-0.1, -0.05) is 0 Å². The van der Waals surface area contributed by atoms with Crippen LogP contribution in [0.5, 0.6) is 5.75 Å². The highest BCUT2D eigenvalue weighted by Crippen LogP contribution is 2.18. The Morgan fingerprint density at radius 2 is 2.46 bits per heavy atom. The maximum absolute atomic E-state index is 8.99. The number of imidazole rings is 1. The van der Waals surface area contributed by atoms with Gasteiger partial charge in [0.2, 0.25) is 0 Å². The van der Waals surface area contributed by atoms with Crippen LogP contribution < -0.4 is 4.74 Å². The van der Waals surface area contributed by atoms with Gasteiger partial charge >= 0.3 is 0 Å². The molecule has 0 amide bonds. The molecule has 0 radical (unpaired) electrons. The summed E-state index contributed by atoms with van der Waals surface area (Å²) in [6.45, 7) is -0.0195. The van der Waals surface area contributed by atoms with Gasteiger partial charge in [0.05, 0.1) is 25.6 Å². The van der Waals surface area contributed by atoms with Crippen molar-refractivity contribution in [2.75, 3.05) is 7.11 Å². The summed E-state index contributed by atoms with van der Waals surface area (Å²) in [6.07, 6.45) is 3.48. The van der Waals surface area contributed by atoms with E-state index in [0.29, 0.717) is 5.75 Å². The fourth-order valence-electron chi connectivity index (χ4n) is 1.31. The average Bonchev–Trinajstić information content (AvgIpc) is 2.60. The van der Waals surface area contributed by atoms with Gasteiger partial charge in [0.1, 0.15) is 0 Å². The number of ether oxygens (including phenoxy) is 1. The number of aliphatic hydroxyl groups excluding tert-OH is 1. The maximum Gasteiger partial charge on any atom is 0.179 e. The third kappa shape index (κ3) is 1.15. The number of aliphatic hydroxyl groups is 1. The number of methoxy groups -OCH3 is 1. The number of rotatable bonds is 2. The number of pyridine rings is 1. The quantitative estimate of drug-likeness (QED) is 0.741. The Balaban J connectivity index is 2.72. The predicted molar refractivity (Wildman–Crippen MR) is 47.7 cm³/mol. The van der Waals surface area contributed by atoms with Crippen molar-refractivity contribution in [3.63, 3.8) is 0 Å². The zero-order valence-corrected chi connectivity index (χ0v) is 7.27. The second-order valence-electron chi connectivity index (χ2n) is 2.68.